The number of carbonyl (C=O) groups excluding carboxylic acids is 1. The summed E-state index contributed by atoms with van der Waals surface area (Å²) in [4.78, 5) is 13.6. The quantitative estimate of drug-likeness (QED) is 0.833. The topological polar surface area (TPSA) is 57.3 Å². The summed E-state index contributed by atoms with van der Waals surface area (Å²) in [6.45, 7) is 8.28. The number of hydrogen-bond acceptors (Lipinski definition) is 2. The molecule has 1 fully saturated rings. The first kappa shape index (κ1) is 18.5. The molecular weight excluding hydrogens is 298 g/mol. The van der Waals surface area contributed by atoms with E-state index in [1.165, 1.54) is 10.5 Å². The van der Waals surface area contributed by atoms with Gasteiger partial charge in [0.05, 0.1) is 19.2 Å². The number of quaternary nitrogens is 1. The predicted molar refractivity (Wildman–Crippen MR) is 95.4 cm³/mol. The third kappa shape index (κ3) is 5.07. The molecule has 1 aromatic rings. The highest BCUT2D eigenvalue weighted by Crippen LogP contribution is 2.17. The highest BCUT2D eigenvalue weighted by molar-refractivity contribution is 5.78. The maximum Gasteiger partial charge on any atom is 0.276 e. The van der Waals surface area contributed by atoms with Crippen molar-refractivity contribution in [1.29, 1.82) is 5.26 Å². The highest BCUT2D eigenvalue weighted by Gasteiger charge is 2.32. The smallest absolute Gasteiger partial charge is 0.276 e. The van der Waals surface area contributed by atoms with E-state index in [9.17, 15) is 10.1 Å². The molecular formula is C20H30N3O+. The molecule has 4 nitrogen and oxygen atoms in total. The molecule has 2 N–H and O–H groups in total. The molecule has 1 saturated heterocycles. The molecule has 1 heterocycles. The van der Waals surface area contributed by atoms with Crippen LogP contribution in [0.1, 0.15) is 39.2 Å². The summed E-state index contributed by atoms with van der Waals surface area (Å²) in [5.41, 5.74) is 0.632. The zero-order valence-corrected chi connectivity index (χ0v) is 15.1. The van der Waals surface area contributed by atoms with Crippen LogP contribution in [0.3, 0.4) is 0 Å². The molecule has 1 aromatic carbocycles. The normalized spacial score (nSPS) is 23.3. The van der Waals surface area contributed by atoms with Gasteiger partial charge in [-0.15, -0.1) is 0 Å². The van der Waals surface area contributed by atoms with Gasteiger partial charge in [0.2, 0.25) is 0 Å². The van der Waals surface area contributed by atoms with Gasteiger partial charge in [-0.25, -0.2) is 0 Å². The van der Waals surface area contributed by atoms with Crippen LogP contribution in [-0.4, -0.2) is 31.1 Å². The highest BCUT2D eigenvalue weighted by atomic mass is 16.2. The van der Waals surface area contributed by atoms with E-state index in [0.29, 0.717) is 6.54 Å². The van der Waals surface area contributed by atoms with Gasteiger partial charge in [-0.2, -0.15) is 5.26 Å². The minimum Gasteiger partial charge on any atom is -0.333 e. The standard InChI is InChI=1S/C20H29N3O/c1-16(2)20(3,15-21)22-19(24)14-23-11-9-18(10-12-23)13-17-7-5-4-6-8-17/h4-8,16,18H,9-14H2,1-3H3,(H,22,24)/p+1/t20-/m0/s1. The van der Waals surface area contributed by atoms with Gasteiger partial charge in [0.15, 0.2) is 6.54 Å². The van der Waals surface area contributed by atoms with Gasteiger partial charge in [-0.1, -0.05) is 44.2 Å². The number of nitrogens with one attached hydrogen (secondary N) is 2. The molecule has 24 heavy (non-hydrogen) atoms. The molecule has 1 aliphatic rings. The lowest BCUT2D eigenvalue weighted by atomic mass is 9.89. The van der Waals surface area contributed by atoms with Gasteiger partial charge >= 0.3 is 0 Å². The summed E-state index contributed by atoms with van der Waals surface area (Å²) in [7, 11) is 0. The number of hydrogen-bond donors (Lipinski definition) is 2. The summed E-state index contributed by atoms with van der Waals surface area (Å²) in [5.74, 6) is 0.807. The van der Waals surface area contributed by atoms with Crippen molar-refractivity contribution in [1.82, 2.24) is 5.32 Å². The predicted octanol–water partition coefficient (Wildman–Crippen LogP) is 1.58. The molecule has 0 aromatic heterocycles. The number of benzene rings is 1. The number of likely N-dealkylation sites (tertiary alicyclic amines) is 1. The molecule has 0 unspecified atom stereocenters. The monoisotopic (exact) mass is 328 g/mol. The van der Waals surface area contributed by atoms with Gasteiger partial charge in [0.1, 0.15) is 5.54 Å². The lowest BCUT2D eigenvalue weighted by Gasteiger charge is -2.31. The molecule has 0 radical (unpaired) electrons. The summed E-state index contributed by atoms with van der Waals surface area (Å²) >= 11 is 0. The summed E-state index contributed by atoms with van der Waals surface area (Å²) in [6.07, 6.45) is 3.47. The van der Waals surface area contributed by atoms with Crippen molar-refractivity contribution in [3.05, 3.63) is 35.9 Å². The lowest BCUT2D eigenvalue weighted by Crippen LogP contribution is -3.14. The first-order valence-corrected chi connectivity index (χ1v) is 9.02. The van der Waals surface area contributed by atoms with Crippen LogP contribution in [0.25, 0.3) is 0 Å². The van der Waals surface area contributed by atoms with Crippen LogP contribution in [-0.2, 0) is 11.2 Å². The second-order valence-corrected chi connectivity index (χ2v) is 7.58. The number of carbonyl (C=O) groups is 1. The Hall–Kier alpha value is -1.86. The van der Waals surface area contributed by atoms with Crippen molar-refractivity contribution < 1.29 is 9.69 Å². The molecule has 0 aliphatic carbocycles. The van der Waals surface area contributed by atoms with E-state index in [0.717, 1.165) is 38.3 Å². The first-order chi connectivity index (χ1) is 11.4. The lowest BCUT2D eigenvalue weighted by molar-refractivity contribution is -0.898. The zero-order valence-electron chi connectivity index (χ0n) is 15.1. The third-order valence-electron chi connectivity index (χ3n) is 5.38. The van der Waals surface area contributed by atoms with E-state index >= 15 is 0 Å². The molecule has 0 bridgehead atoms. The fraction of sp³-hybridized carbons (Fsp3) is 0.600. The van der Waals surface area contributed by atoms with Crippen molar-refractivity contribution in [3.8, 4) is 6.07 Å². The Kier molecular flexibility index (Phi) is 6.39. The van der Waals surface area contributed by atoms with Crippen LogP contribution in [0.4, 0.5) is 0 Å². The second kappa shape index (κ2) is 8.30. The minimum absolute atomic E-state index is 0.00995. The van der Waals surface area contributed by atoms with Gasteiger partial charge in [-0.05, 0) is 43.6 Å². The number of nitrogens with zero attached hydrogens (tertiary/aromatic N) is 1. The van der Waals surface area contributed by atoms with E-state index < -0.39 is 5.54 Å². The van der Waals surface area contributed by atoms with Crippen LogP contribution in [0.5, 0.6) is 0 Å². The SMILES string of the molecule is CC(C)[C@](C)(C#N)NC(=O)C[NH+]1CCC(Cc2ccccc2)CC1. The minimum atomic E-state index is -0.776. The Bertz CT molecular complexity index is 570. The molecule has 1 aliphatic heterocycles. The van der Waals surface area contributed by atoms with Crippen LogP contribution in [0.15, 0.2) is 30.3 Å². The van der Waals surface area contributed by atoms with Gasteiger partial charge in [0.25, 0.3) is 5.91 Å². The Balaban J connectivity index is 1.77. The number of nitriles is 1. The van der Waals surface area contributed by atoms with Crippen LogP contribution < -0.4 is 10.2 Å². The summed E-state index contributed by atoms with van der Waals surface area (Å²) in [5, 5.41) is 12.2. The average Bonchev–Trinajstić information content (AvgIpc) is 2.57. The second-order valence-electron chi connectivity index (χ2n) is 7.58. The van der Waals surface area contributed by atoms with E-state index in [2.05, 4.69) is 41.7 Å². The molecule has 1 atom stereocenters. The number of rotatable bonds is 6. The van der Waals surface area contributed by atoms with Crippen molar-refractivity contribution in [3.63, 3.8) is 0 Å². The third-order valence-corrected chi connectivity index (χ3v) is 5.38. The fourth-order valence-electron chi connectivity index (χ4n) is 3.28. The number of piperidine rings is 1. The van der Waals surface area contributed by atoms with Crippen LogP contribution in [0, 0.1) is 23.2 Å². The van der Waals surface area contributed by atoms with Crippen LogP contribution >= 0.6 is 0 Å². The van der Waals surface area contributed by atoms with Crippen molar-refractivity contribution in [2.75, 3.05) is 19.6 Å². The number of amides is 1. The first-order valence-electron chi connectivity index (χ1n) is 9.02. The van der Waals surface area contributed by atoms with E-state index in [-0.39, 0.29) is 11.8 Å². The molecule has 1 amide bonds. The van der Waals surface area contributed by atoms with Gasteiger partial charge < -0.3 is 10.2 Å². The summed E-state index contributed by atoms with van der Waals surface area (Å²) in [6, 6.07) is 12.9. The van der Waals surface area contributed by atoms with Gasteiger partial charge in [0, 0.05) is 0 Å². The molecule has 0 spiro atoms. The van der Waals surface area contributed by atoms with Crippen molar-refractivity contribution >= 4 is 5.91 Å². The summed E-state index contributed by atoms with van der Waals surface area (Å²) < 4.78 is 0. The van der Waals surface area contributed by atoms with E-state index in [4.69, 9.17) is 0 Å². The van der Waals surface area contributed by atoms with Crippen molar-refractivity contribution in [2.24, 2.45) is 11.8 Å². The van der Waals surface area contributed by atoms with Crippen molar-refractivity contribution in [2.45, 2.75) is 45.6 Å². The Labute approximate surface area is 145 Å². The largest absolute Gasteiger partial charge is 0.333 e. The molecule has 0 saturated carbocycles. The molecule has 4 heteroatoms. The maximum absolute atomic E-state index is 12.3. The van der Waals surface area contributed by atoms with E-state index in [1.807, 2.05) is 13.8 Å². The Morgan fingerprint density at radius 1 is 1.33 bits per heavy atom. The zero-order chi connectivity index (χ0) is 17.6. The maximum atomic E-state index is 12.3. The Morgan fingerprint density at radius 2 is 1.96 bits per heavy atom. The molecule has 2 rings (SSSR count). The van der Waals surface area contributed by atoms with E-state index in [1.54, 1.807) is 6.92 Å². The molecule has 130 valence electrons. The van der Waals surface area contributed by atoms with Crippen LogP contribution in [0.2, 0.25) is 0 Å². The van der Waals surface area contributed by atoms with Gasteiger partial charge in [-0.3, -0.25) is 4.79 Å². The average molecular weight is 328 g/mol. The fourth-order valence-corrected chi connectivity index (χ4v) is 3.28. The Morgan fingerprint density at radius 3 is 2.50 bits per heavy atom.